The number of nitrogens with zero attached hydrogens (tertiary/aromatic N) is 1. The van der Waals surface area contributed by atoms with Crippen molar-refractivity contribution >= 4 is 0 Å². The Labute approximate surface area is 97.2 Å². The lowest BCUT2D eigenvalue weighted by Crippen LogP contribution is -2.41. The van der Waals surface area contributed by atoms with E-state index in [2.05, 4.69) is 23.3 Å². The predicted octanol–water partition coefficient (Wildman–Crippen LogP) is 1.78. The second-order valence-corrected chi connectivity index (χ2v) is 4.24. The summed E-state index contributed by atoms with van der Waals surface area (Å²) in [5.41, 5.74) is 1.14. The molecule has 88 valence electrons. The van der Waals surface area contributed by atoms with Gasteiger partial charge in [-0.2, -0.15) is 0 Å². The van der Waals surface area contributed by atoms with Gasteiger partial charge in [0.1, 0.15) is 0 Å². The Morgan fingerprint density at radius 2 is 2.50 bits per heavy atom. The number of hydrogen-bond donors (Lipinski definition) is 1. The van der Waals surface area contributed by atoms with E-state index in [4.69, 9.17) is 4.74 Å². The van der Waals surface area contributed by atoms with Gasteiger partial charge in [0, 0.05) is 31.0 Å². The second-order valence-electron chi connectivity index (χ2n) is 4.24. The maximum atomic E-state index is 5.75. The zero-order valence-electron chi connectivity index (χ0n) is 9.86. The molecule has 0 spiro atoms. The first-order chi connectivity index (χ1) is 7.90. The minimum absolute atomic E-state index is 0.363. The smallest absolute Gasteiger partial charge is 0.0732 e. The van der Waals surface area contributed by atoms with Gasteiger partial charge in [0.2, 0.25) is 0 Å². The third kappa shape index (κ3) is 3.03. The van der Waals surface area contributed by atoms with E-state index in [0.717, 1.165) is 25.3 Å². The SMILES string of the molecule is CCNC(Cc1ccccn1)C1CCCO1. The van der Waals surface area contributed by atoms with Crippen LogP contribution < -0.4 is 5.32 Å². The molecule has 1 saturated heterocycles. The summed E-state index contributed by atoms with van der Waals surface area (Å²) in [6, 6.07) is 6.49. The molecule has 1 aromatic heterocycles. The fourth-order valence-corrected chi connectivity index (χ4v) is 2.26. The highest BCUT2D eigenvalue weighted by molar-refractivity contribution is 5.06. The van der Waals surface area contributed by atoms with E-state index >= 15 is 0 Å². The molecule has 1 aromatic rings. The molecule has 16 heavy (non-hydrogen) atoms. The maximum absolute atomic E-state index is 5.75. The summed E-state index contributed by atoms with van der Waals surface area (Å²) in [7, 11) is 0. The van der Waals surface area contributed by atoms with Crippen molar-refractivity contribution in [2.75, 3.05) is 13.2 Å². The third-order valence-electron chi connectivity index (χ3n) is 3.04. The molecule has 1 N–H and O–H groups in total. The van der Waals surface area contributed by atoms with E-state index in [1.54, 1.807) is 0 Å². The Morgan fingerprint density at radius 3 is 3.12 bits per heavy atom. The van der Waals surface area contributed by atoms with Gasteiger partial charge in [-0.25, -0.2) is 0 Å². The first-order valence-electron chi connectivity index (χ1n) is 6.15. The van der Waals surface area contributed by atoms with E-state index in [9.17, 15) is 0 Å². The van der Waals surface area contributed by atoms with Crippen molar-refractivity contribution in [1.82, 2.24) is 10.3 Å². The minimum Gasteiger partial charge on any atom is -0.377 e. The molecule has 1 aliphatic heterocycles. The van der Waals surface area contributed by atoms with E-state index in [0.29, 0.717) is 12.1 Å². The fraction of sp³-hybridized carbons (Fsp3) is 0.615. The highest BCUT2D eigenvalue weighted by atomic mass is 16.5. The molecule has 0 saturated carbocycles. The first-order valence-corrected chi connectivity index (χ1v) is 6.15. The molecule has 3 nitrogen and oxygen atoms in total. The Bertz CT molecular complexity index is 296. The van der Waals surface area contributed by atoms with Gasteiger partial charge in [-0.15, -0.1) is 0 Å². The number of aromatic nitrogens is 1. The molecule has 2 atom stereocenters. The van der Waals surface area contributed by atoms with E-state index in [-0.39, 0.29) is 0 Å². The van der Waals surface area contributed by atoms with Gasteiger partial charge >= 0.3 is 0 Å². The lowest BCUT2D eigenvalue weighted by atomic mass is 10.0. The van der Waals surface area contributed by atoms with Crippen molar-refractivity contribution in [3.05, 3.63) is 30.1 Å². The average molecular weight is 220 g/mol. The predicted molar refractivity (Wildman–Crippen MR) is 64.4 cm³/mol. The van der Waals surface area contributed by atoms with Gasteiger partial charge in [0.15, 0.2) is 0 Å². The Morgan fingerprint density at radius 1 is 1.56 bits per heavy atom. The van der Waals surface area contributed by atoms with Crippen LogP contribution in [0.4, 0.5) is 0 Å². The van der Waals surface area contributed by atoms with Gasteiger partial charge in [0.05, 0.1) is 6.10 Å². The monoisotopic (exact) mass is 220 g/mol. The van der Waals surface area contributed by atoms with Crippen molar-refractivity contribution < 1.29 is 4.74 Å². The number of hydrogen-bond acceptors (Lipinski definition) is 3. The third-order valence-corrected chi connectivity index (χ3v) is 3.04. The molecule has 2 rings (SSSR count). The quantitative estimate of drug-likeness (QED) is 0.821. The topological polar surface area (TPSA) is 34.2 Å². The molecule has 1 aliphatic rings. The summed E-state index contributed by atoms with van der Waals surface area (Å²) in [6.45, 7) is 4.03. The highest BCUT2D eigenvalue weighted by Gasteiger charge is 2.25. The van der Waals surface area contributed by atoms with Crippen LogP contribution >= 0.6 is 0 Å². The number of nitrogens with one attached hydrogen (secondary N) is 1. The second kappa shape index (κ2) is 5.97. The van der Waals surface area contributed by atoms with Crippen LogP contribution in [-0.2, 0) is 11.2 Å². The summed E-state index contributed by atoms with van der Waals surface area (Å²) in [5, 5.41) is 3.51. The normalized spacial score (nSPS) is 22.2. The van der Waals surface area contributed by atoms with Crippen molar-refractivity contribution in [3.63, 3.8) is 0 Å². The number of pyridine rings is 1. The number of ether oxygens (including phenoxy) is 1. The van der Waals surface area contributed by atoms with Crippen LogP contribution in [0, 0.1) is 0 Å². The lowest BCUT2D eigenvalue weighted by molar-refractivity contribution is 0.0786. The molecule has 0 radical (unpaired) electrons. The summed E-state index contributed by atoms with van der Waals surface area (Å²) >= 11 is 0. The lowest BCUT2D eigenvalue weighted by Gasteiger charge is -2.23. The van der Waals surface area contributed by atoms with Crippen molar-refractivity contribution in [2.45, 2.75) is 38.3 Å². The molecular formula is C13H20N2O. The molecule has 0 bridgehead atoms. The van der Waals surface area contributed by atoms with Gasteiger partial charge in [0.25, 0.3) is 0 Å². The van der Waals surface area contributed by atoms with Crippen molar-refractivity contribution in [2.24, 2.45) is 0 Å². The first kappa shape index (κ1) is 11.6. The Kier molecular flexibility index (Phi) is 4.31. The van der Waals surface area contributed by atoms with Gasteiger partial charge < -0.3 is 10.1 Å². The van der Waals surface area contributed by atoms with E-state index in [1.807, 2.05) is 18.3 Å². The van der Waals surface area contributed by atoms with Crippen LogP contribution in [0.5, 0.6) is 0 Å². The van der Waals surface area contributed by atoms with Crippen LogP contribution in [0.3, 0.4) is 0 Å². The average Bonchev–Trinajstić information content (AvgIpc) is 2.83. The largest absolute Gasteiger partial charge is 0.377 e. The summed E-state index contributed by atoms with van der Waals surface area (Å²) in [5.74, 6) is 0. The van der Waals surface area contributed by atoms with Crippen LogP contribution in [0.2, 0.25) is 0 Å². The number of rotatable bonds is 5. The van der Waals surface area contributed by atoms with Crippen molar-refractivity contribution in [3.8, 4) is 0 Å². The Hall–Kier alpha value is -0.930. The van der Waals surface area contributed by atoms with Crippen LogP contribution in [0.1, 0.15) is 25.5 Å². The fourth-order valence-electron chi connectivity index (χ4n) is 2.26. The van der Waals surface area contributed by atoms with E-state index < -0.39 is 0 Å². The highest BCUT2D eigenvalue weighted by Crippen LogP contribution is 2.18. The minimum atomic E-state index is 0.363. The number of likely N-dealkylation sites (N-methyl/N-ethyl adjacent to an activating group) is 1. The molecule has 3 heteroatoms. The molecule has 2 unspecified atom stereocenters. The van der Waals surface area contributed by atoms with Crippen LogP contribution in [-0.4, -0.2) is 30.3 Å². The molecule has 0 aliphatic carbocycles. The van der Waals surface area contributed by atoms with Gasteiger partial charge in [-0.1, -0.05) is 13.0 Å². The summed E-state index contributed by atoms with van der Waals surface area (Å²) < 4.78 is 5.75. The zero-order chi connectivity index (χ0) is 11.2. The summed E-state index contributed by atoms with van der Waals surface area (Å²) in [6.07, 6.45) is 5.54. The van der Waals surface area contributed by atoms with E-state index in [1.165, 1.54) is 12.8 Å². The standard InChI is InChI=1S/C13H20N2O/c1-2-14-12(13-7-5-9-16-13)10-11-6-3-4-8-15-11/h3-4,6,8,12-14H,2,5,7,9-10H2,1H3. The Balaban J connectivity index is 1.96. The van der Waals surface area contributed by atoms with Crippen LogP contribution in [0.15, 0.2) is 24.4 Å². The zero-order valence-corrected chi connectivity index (χ0v) is 9.86. The van der Waals surface area contributed by atoms with Crippen LogP contribution in [0.25, 0.3) is 0 Å². The molecule has 0 amide bonds. The molecular weight excluding hydrogens is 200 g/mol. The van der Waals surface area contributed by atoms with Gasteiger partial charge in [-0.05, 0) is 31.5 Å². The van der Waals surface area contributed by atoms with Crippen molar-refractivity contribution in [1.29, 1.82) is 0 Å². The maximum Gasteiger partial charge on any atom is 0.0732 e. The van der Waals surface area contributed by atoms with Gasteiger partial charge in [-0.3, -0.25) is 4.98 Å². The summed E-state index contributed by atoms with van der Waals surface area (Å²) in [4.78, 5) is 4.38. The molecule has 2 heterocycles. The molecule has 1 fully saturated rings. The molecule has 0 aromatic carbocycles.